The Labute approximate surface area is 97.3 Å². The zero-order chi connectivity index (χ0) is 11.4. The van der Waals surface area contributed by atoms with Gasteiger partial charge in [-0.3, -0.25) is 9.69 Å². The molecule has 1 aliphatic rings. The van der Waals surface area contributed by atoms with Gasteiger partial charge < -0.3 is 0 Å². The number of carbonyl (C=O) groups is 1. The molecule has 0 unspecified atom stereocenters. The van der Waals surface area contributed by atoms with Crippen molar-refractivity contribution in [1.82, 2.24) is 4.90 Å². The maximum atomic E-state index is 11.3. The van der Waals surface area contributed by atoms with Crippen LogP contribution in [-0.2, 0) is 11.2 Å². The predicted molar refractivity (Wildman–Crippen MR) is 65.4 cm³/mol. The van der Waals surface area contributed by atoms with Gasteiger partial charge in [0.05, 0.1) is 0 Å². The van der Waals surface area contributed by atoms with Gasteiger partial charge in [-0.15, -0.1) is 0 Å². The van der Waals surface area contributed by atoms with Crippen molar-refractivity contribution in [2.24, 2.45) is 0 Å². The Morgan fingerprint density at radius 2 is 2.06 bits per heavy atom. The summed E-state index contributed by atoms with van der Waals surface area (Å²) < 4.78 is 0. The molecule has 0 bridgehead atoms. The van der Waals surface area contributed by atoms with E-state index in [1.54, 1.807) is 0 Å². The van der Waals surface area contributed by atoms with Crippen LogP contribution < -0.4 is 0 Å². The summed E-state index contributed by atoms with van der Waals surface area (Å²) in [5, 5.41) is 0. The third-order valence-electron chi connectivity index (χ3n) is 3.35. The molecule has 1 heterocycles. The van der Waals surface area contributed by atoms with Gasteiger partial charge in [0.25, 0.3) is 0 Å². The first-order valence-electron chi connectivity index (χ1n) is 6.05. The summed E-state index contributed by atoms with van der Waals surface area (Å²) in [6.45, 7) is 4.16. The van der Waals surface area contributed by atoms with Crippen molar-refractivity contribution in [2.45, 2.75) is 32.2 Å². The molecule has 1 saturated heterocycles. The standard InChI is InChI=1S/C14H19NO/c1-12-11-14(16)8-10-15(12)9-7-13-5-3-2-4-6-13/h2-6,12H,7-11H2,1H3/t12-/m0/s1. The predicted octanol–water partition coefficient (Wildman–Crippen LogP) is 2.28. The van der Waals surface area contributed by atoms with Crippen molar-refractivity contribution in [3.05, 3.63) is 35.9 Å². The Balaban J connectivity index is 1.84. The lowest BCUT2D eigenvalue weighted by atomic mass is 10.0. The number of benzene rings is 1. The third-order valence-corrected chi connectivity index (χ3v) is 3.35. The molecule has 86 valence electrons. The van der Waals surface area contributed by atoms with Crippen LogP contribution in [0.3, 0.4) is 0 Å². The first-order chi connectivity index (χ1) is 7.75. The fraction of sp³-hybridized carbons (Fsp3) is 0.500. The van der Waals surface area contributed by atoms with Crippen molar-refractivity contribution in [3.63, 3.8) is 0 Å². The van der Waals surface area contributed by atoms with Gasteiger partial charge in [0.15, 0.2) is 0 Å². The molecule has 0 aliphatic carbocycles. The lowest BCUT2D eigenvalue weighted by Gasteiger charge is -2.32. The Bertz CT molecular complexity index is 347. The van der Waals surface area contributed by atoms with Crippen molar-refractivity contribution in [3.8, 4) is 0 Å². The van der Waals surface area contributed by atoms with Gasteiger partial charge in [-0.2, -0.15) is 0 Å². The maximum absolute atomic E-state index is 11.3. The number of hydrogen-bond acceptors (Lipinski definition) is 2. The van der Waals surface area contributed by atoms with Crippen LogP contribution >= 0.6 is 0 Å². The maximum Gasteiger partial charge on any atom is 0.135 e. The molecule has 2 heteroatoms. The largest absolute Gasteiger partial charge is 0.300 e. The molecule has 1 atom stereocenters. The topological polar surface area (TPSA) is 20.3 Å². The van der Waals surface area contributed by atoms with Crippen LogP contribution in [0.1, 0.15) is 25.3 Å². The van der Waals surface area contributed by atoms with Gasteiger partial charge >= 0.3 is 0 Å². The molecule has 16 heavy (non-hydrogen) atoms. The fourth-order valence-electron chi connectivity index (χ4n) is 2.30. The van der Waals surface area contributed by atoms with Gasteiger partial charge in [0, 0.05) is 32.0 Å². The van der Waals surface area contributed by atoms with Gasteiger partial charge in [-0.25, -0.2) is 0 Å². The number of Topliss-reactive ketones (excluding diaryl/α,β-unsaturated/α-hetero) is 1. The summed E-state index contributed by atoms with van der Waals surface area (Å²) in [4.78, 5) is 13.7. The summed E-state index contributed by atoms with van der Waals surface area (Å²) >= 11 is 0. The van der Waals surface area contributed by atoms with Gasteiger partial charge in [0.1, 0.15) is 5.78 Å². The highest BCUT2D eigenvalue weighted by Gasteiger charge is 2.22. The SMILES string of the molecule is C[C@H]1CC(=O)CCN1CCc1ccccc1. The monoisotopic (exact) mass is 217 g/mol. The number of hydrogen-bond donors (Lipinski definition) is 0. The van der Waals surface area contributed by atoms with E-state index in [2.05, 4.69) is 36.1 Å². The molecule has 2 nitrogen and oxygen atoms in total. The van der Waals surface area contributed by atoms with Crippen LogP contribution in [0.15, 0.2) is 30.3 Å². The van der Waals surface area contributed by atoms with E-state index < -0.39 is 0 Å². The quantitative estimate of drug-likeness (QED) is 0.774. The molecule has 1 aliphatic heterocycles. The van der Waals surface area contributed by atoms with Crippen LogP contribution in [-0.4, -0.2) is 29.8 Å². The molecular weight excluding hydrogens is 198 g/mol. The Hall–Kier alpha value is -1.15. The minimum Gasteiger partial charge on any atom is -0.300 e. The molecule has 0 saturated carbocycles. The third kappa shape index (κ3) is 2.92. The first-order valence-corrected chi connectivity index (χ1v) is 6.05. The molecule has 1 aromatic carbocycles. The summed E-state index contributed by atoms with van der Waals surface area (Å²) in [7, 11) is 0. The van der Waals surface area contributed by atoms with E-state index >= 15 is 0 Å². The van der Waals surface area contributed by atoms with E-state index in [4.69, 9.17) is 0 Å². The lowest BCUT2D eigenvalue weighted by Crippen LogP contribution is -2.41. The molecule has 0 aromatic heterocycles. The van der Waals surface area contributed by atoms with E-state index in [1.165, 1.54) is 5.56 Å². The summed E-state index contributed by atoms with van der Waals surface area (Å²) in [5.41, 5.74) is 1.38. The average molecular weight is 217 g/mol. The summed E-state index contributed by atoms with van der Waals surface area (Å²) in [6.07, 6.45) is 2.55. The van der Waals surface area contributed by atoms with E-state index in [1.807, 2.05) is 6.07 Å². The molecule has 1 aromatic rings. The number of nitrogens with zero attached hydrogens (tertiary/aromatic N) is 1. The molecule has 0 N–H and O–H groups in total. The zero-order valence-electron chi connectivity index (χ0n) is 9.86. The molecule has 0 amide bonds. The highest BCUT2D eigenvalue weighted by molar-refractivity contribution is 5.79. The minimum atomic E-state index is 0.420. The van der Waals surface area contributed by atoms with Crippen molar-refractivity contribution < 1.29 is 4.79 Å². The number of carbonyl (C=O) groups excluding carboxylic acids is 1. The van der Waals surface area contributed by atoms with Crippen molar-refractivity contribution in [2.75, 3.05) is 13.1 Å². The Morgan fingerprint density at radius 1 is 1.31 bits per heavy atom. The number of ketones is 1. The Kier molecular flexibility index (Phi) is 3.73. The molecule has 0 radical (unpaired) electrons. The number of rotatable bonds is 3. The van der Waals surface area contributed by atoms with E-state index in [9.17, 15) is 4.79 Å². The Morgan fingerprint density at radius 3 is 2.75 bits per heavy atom. The molecule has 2 rings (SSSR count). The number of piperidine rings is 1. The summed E-state index contributed by atoms with van der Waals surface area (Å²) in [6, 6.07) is 11.0. The molecular formula is C14H19NO. The van der Waals surface area contributed by atoms with Crippen molar-refractivity contribution >= 4 is 5.78 Å². The smallest absolute Gasteiger partial charge is 0.135 e. The van der Waals surface area contributed by atoms with Crippen molar-refractivity contribution in [1.29, 1.82) is 0 Å². The second-order valence-electron chi connectivity index (χ2n) is 4.61. The van der Waals surface area contributed by atoms with E-state index in [-0.39, 0.29) is 0 Å². The van der Waals surface area contributed by atoms with Crippen LogP contribution in [0.4, 0.5) is 0 Å². The number of likely N-dealkylation sites (tertiary alicyclic amines) is 1. The highest BCUT2D eigenvalue weighted by Crippen LogP contribution is 2.14. The lowest BCUT2D eigenvalue weighted by molar-refractivity contribution is -0.122. The van der Waals surface area contributed by atoms with Gasteiger partial charge in [-0.05, 0) is 18.9 Å². The van der Waals surface area contributed by atoms with E-state index in [0.29, 0.717) is 11.8 Å². The second-order valence-corrected chi connectivity index (χ2v) is 4.61. The van der Waals surface area contributed by atoms with Gasteiger partial charge in [0.2, 0.25) is 0 Å². The minimum absolute atomic E-state index is 0.420. The molecule has 1 fully saturated rings. The van der Waals surface area contributed by atoms with Crippen LogP contribution in [0, 0.1) is 0 Å². The van der Waals surface area contributed by atoms with Crippen LogP contribution in [0.2, 0.25) is 0 Å². The summed E-state index contributed by atoms with van der Waals surface area (Å²) in [5.74, 6) is 0.420. The second kappa shape index (κ2) is 5.26. The van der Waals surface area contributed by atoms with Crippen LogP contribution in [0.25, 0.3) is 0 Å². The van der Waals surface area contributed by atoms with Crippen LogP contribution in [0.5, 0.6) is 0 Å². The highest BCUT2D eigenvalue weighted by atomic mass is 16.1. The molecule has 0 spiro atoms. The normalized spacial score (nSPS) is 22.3. The first kappa shape index (κ1) is 11.3. The fourth-order valence-corrected chi connectivity index (χ4v) is 2.30. The zero-order valence-corrected chi connectivity index (χ0v) is 9.86. The average Bonchev–Trinajstić information content (AvgIpc) is 2.29. The van der Waals surface area contributed by atoms with E-state index in [0.717, 1.165) is 32.4 Å². The van der Waals surface area contributed by atoms with Gasteiger partial charge in [-0.1, -0.05) is 30.3 Å².